The van der Waals surface area contributed by atoms with Crippen molar-refractivity contribution in [3.8, 4) is 11.3 Å². The highest BCUT2D eigenvalue weighted by atomic mass is 79.9. The number of halogens is 3. The molecular formula is C10H8BrF2N3. The maximum atomic E-state index is 12.8. The molecule has 0 saturated heterocycles. The molecule has 0 bridgehead atoms. The van der Waals surface area contributed by atoms with Gasteiger partial charge in [0.25, 0.3) is 6.43 Å². The maximum Gasteiger partial charge on any atom is 0.264 e. The minimum absolute atomic E-state index is 0.0492. The summed E-state index contributed by atoms with van der Waals surface area (Å²) in [5.41, 5.74) is 6.27. The number of rotatable bonds is 2. The van der Waals surface area contributed by atoms with Gasteiger partial charge < -0.3 is 5.73 Å². The van der Waals surface area contributed by atoms with Crippen LogP contribution in [-0.4, -0.2) is 10.2 Å². The summed E-state index contributed by atoms with van der Waals surface area (Å²) in [7, 11) is 0. The van der Waals surface area contributed by atoms with Crippen LogP contribution in [0.1, 0.15) is 12.0 Å². The molecule has 0 spiro atoms. The Morgan fingerprint density at radius 3 is 2.62 bits per heavy atom. The Morgan fingerprint density at radius 1 is 1.31 bits per heavy atom. The molecule has 1 aromatic heterocycles. The topological polar surface area (TPSA) is 54.7 Å². The van der Waals surface area contributed by atoms with Crippen LogP contribution >= 0.6 is 15.9 Å². The maximum absolute atomic E-state index is 12.8. The van der Waals surface area contributed by atoms with Gasteiger partial charge in [-0.05, 0) is 12.1 Å². The summed E-state index contributed by atoms with van der Waals surface area (Å²) in [5, 5.41) is 6.33. The zero-order chi connectivity index (χ0) is 11.7. The number of hydrogen-bond donors (Lipinski definition) is 2. The lowest BCUT2D eigenvalue weighted by Crippen LogP contribution is -1.90. The van der Waals surface area contributed by atoms with E-state index < -0.39 is 6.43 Å². The second-order valence-electron chi connectivity index (χ2n) is 3.24. The number of hydrogen-bond acceptors (Lipinski definition) is 2. The molecule has 16 heavy (non-hydrogen) atoms. The standard InChI is InChI=1S/C10H8BrF2N3/c11-5-1-2-6(10(12)13)7(3-5)8-4-9(14)16-15-8/h1-4,10H,(H3,14,15,16). The average Bonchev–Trinajstić information content (AvgIpc) is 2.64. The van der Waals surface area contributed by atoms with Crippen molar-refractivity contribution in [1.82, 2.24) is 10.2 Å². The molecule has 3 nitrogen and oxygen atoms in total. The van der Waals surface area contributed by atoms with Gasteiger partial charge >= 0.3 is 0 Å². The van der Waals surface area contributed by atoms with Crippen molar-refractivity contribution < 1.29 is 8.78 Å². The first-order chi connectivity index (χ1) is 7.58. The fraction of sp³-hybridized carbons (Fsp3) is 0.100. The minimum atomic E-state index is -2.53. The molecule has 0 amide bonds. The van der Waals surface area contributed by atoms with Gasteiger partial charge in [-0.15, -0.1) is 0 Å². The number of nitrogens with one attached hydrogen (secondary N) is 1. The van der Waals surface area contributed by atoms with Crippen LogP contribution < -0.4 is 5.73 Å². The first-order valence-corrected chi connectivity index (χ1v) is 5.26. The first kappa shape index (κ1) is 11.1. The second-order valence-corrected chi connectivity index (χ2v) is 4.15. The second kappa shape index (κ2) is 4.21. The van der Waals surface area contributed by atoms with Gasteiger partial charge in [-0.1, -0.05) is 22.0 Å². The number of benzene rings is 1. The van der Waals surface area contributed by atoms with Crippen LogP contribution in [0.5, 0.6) is 0 Å². The third kappa shape index (κ3) is 2.06. The predicted octanol–water partition coefficient (Wildman–Crippen LogP) is 3.36. The normalized spacial score (nSPS) is 11.0. The third-order valence-corrected chi connectivity index (χ3v) is 2.63. The summed E-state index contributed by atoms with van der Waals surface area (Å²) in [4.78, 5) is 0. The molecule has 3 N–H and O–H groups in total. The van der Waals surface area contributed by atoms with E-state index in [1.54, 1.807) is 12.1 Å². The lowest BCUT2D eigenvalue weighted by atomic mass is 10.1. The van der Waals surface area contributed by atoms with Gasteiger partial charge in [0, 0.05) is 21.7 Å². The molecule has 0 aliphatic carbocycles. The van der Waals surface area contributed by atoms with E-state index in [1.807, 2.05) is 0 Å². The van der Waals surface area contributed by atoms with Crippen molar-refractivity contribution in [1.29, 1.82) is 0 Å². The summed E-state index contributed by atoms with van der Waals surface area (Å²) in [5.74, 6) is 0.273. The van der Waals surface area contributed by atoms with Gasteiger partial charge in [-0.2, -0.15) is 5.10 Å². The summed E-state index contributed by atoms with van der Waals surface area (Å²) in [6.07, 6.45) is -2.53. The van der Waals surface area contributed by atoms with E-state index in [-0.39, 0.29) is 11.4 Å². The van der Waals surface area contributed by atoms with E-state index >= 15 is 0 Å². The lowest BCUT2D eigenvalue weighted by molar-refractivity contribution is 0.152. The third-order valence-electron chi connectivity index (χ3n) is 2.14. The Kier molecular flexibility index (Phi) is 2.91. The summed E-state index contributed by atoms with van der Waals surface area (Å²) in [6, 6.07) is 6.08. The highest BCUT2D eigenvalue weighted by molar-refractivity contribution is 9.10. The number of nitrogen functional groups attached to an aromatic ring is 1. The number of aromatic nitrogens is 2. The molecular weight excluding hydrogens is 280 g/mol. The van der Waals surface area contributed by atoms with Gasteiger partial charge in [0.2, 0.25) is 0 Å². The summed E-state index contributed by atoms with van der Waals surface area (Å²) >= 11 is 3.24. The Labute approximate surface area is 98.8 Å². The Morgan fingerprint density at radius 2 is 2.06 bits per heavy atom. The zero-order valence-electron chi connectivity index (χ0n) is 8.05. The molecule has 0 radical (unpaired) electrons. The minimum Gasteiger partial charge on any atom is -0.382 e. The molecule has 1 heterocycles. The zero-order valence-corrected chi connectivity index (χ0v) is 9.63. The van der Waals surface area contributed by atoms with Gasteiger partial charge in [0.05, 0.1) is 5.69 Å². The number of anilines is 1. The molecule has 0 fully saturated rings. The SMILES string of the molecule is Nc1cc(-c2cc(Br)ccc2C(F)F)[nH]n1. The quantitative estimate of drug-likeness (QED) is 0.890. The Hall–Kier alpha value is -1.43. The van der Waals surface area contributed by atoms with Gasteiger partial charge in [-0.25, -0.2) is 8.78 Å². The smallest absolute Gasteiger partial charge is 0.264 e. The molecule has 0 unspecified atom stereocenters. The van der Waals surface area contributed by atoms with Crippen molar-refractivity contribution in [2.75, 3.05) is 5.73 Å². The van der Waals surface area contributed by atoms with Gasteiger partial charge in [0.15, 0.2) is 0 Å². The van der Waals surface area contributed by atoms with Gasteiger partial charge in [0.1, 0.15) is 5.82 Å². The summed E-state index contributed by atoms with van der Waals surface area (Å²) in [6.45, 7) is 0. The van der Waals surface area contributed by atoms with E-state index in [4.69, 9.17) is 5.73 Å². The average molecular weight is 288 g/mol. The molecule has 1 aromatic carbocycles. The molecule has 0 aliphatic rings. The predicted molar refractivity (Wildman–Crippen MR) is 61.1 cm³/mol. The molecule has 84 valence electrons. The van der Waals surface area contributed by atoms with Crippen molar-refractivity contribution in [2.45, 2.75) is 6.43 Å². The van der Waals surface area contributed by atoms with Crippen LogP contribution in [-0.2, 0) is 0 Å². The van der Waals surface area contributed by atoms with E-state index in [1.165, 1.54) is 12.1 Å². The van der Waals surface area contributed by atoms with Crippen LogP contribution in [0.15, 0.2) is 28.7 Å². The Bertz CT molecular complexity index is 511. The molecule has 2 aromatic rings. The Balaban J connectivity index is 2.57. The van der Waals surface area contributed by atoms with E-state index in [2.05, 4.69) is 26.1 Å². The molecule has 0 atom stereocenters. The number of aromatic amines is 1. The molecule has 0 saturated carbocycles. The van der Waals surface area contributed by atoms with Crippen LogP contribution in [0, 0.1) is 0 Å². The van der Waals surface area contributed by atoms with E-state index in [0.717, 1.165) is 4.47 Å². The van der Waals surface area contributed by atoms with Crippen molar-refractivity contribution >= 4 is 21.7 Å². The lowest BCUT2D eigenvalue weighted by Gasteiger charge is -2.07. The van der Waals surface area contributed by atoms with Crippen molar-refractivity contribution in [2.24, 2.45) is 0 Å². The van der Waals surface area contributed by atoms with Crippen molar-refractivity contribution in [3.05, 3.63) is 34.3 Å². The van der Waals surface area contributed by atoms with Crippen LogP contribution in [0.2, 0.25) is 0 Å². The van der Waals surface area contributed by atoms with Gasteiger partial charge in [-0.3, -0.25) is 5.10 Å². The number of H-pyrrole nitrogens is 1. The number of alkyl halides is 2. The monoisotopic (exact) mass is 287 g/mol. The highest BCUT2D eigenvalue weighted by Gasteiger charge is 2.15. The summed E-state index contributed by atoms with van der Waals surface area (Å²) < 4.78 is 26.3. The fourth-order valence-electron chi connectivity index (χ4n) is 1.43. The first-order valence-electron chi connectivity index (χ1n) is 4.47. The largest absolute Gasteiger partial charge is 0.382 e. The molecule has 0 aliphatic heterocycles. The number of nitrogens with zero attached hydrogens (tertiary/aromatic N) is 1. The number of nitrogens with two attached hydrogens (primary N) is 1. The fourth-order valence-corrected chi connectivity index (χ4v) is 1.79. The van der Waals surface area contributed by atoms with E-state index in [9.17, 15) is 8.78 Å². The van der Waals surface area contributed by atoms with Crippen LogP contribution in [0.4, 0.5) is 14.6 Å². The van der Waals surface area contributed by atoms with Crippen LogP contribution in [0.3, 0.4) is 0 Å². The molecule has 2 rings (SSSR count). The van der Waals surface area contributed by atoms with E-state index in [0.29, 0.717) is 11.3 Å². The highest BCUT2D eigenvalue weighted by Crippen LogP contribution is 2.32. The van der Waals surface area contributed by atoms with Crippen molar-refractivity contribution in [3.63, 3.8) is 0 Å². The molecule has 6 heteroatoms. The van der Waals surface area contributed by atoms with Crippen LogP contribution in [0.25, 0.3) is 11.3 Å².